The molecule has 0 aliphatic rings. The molecule has 0 bridgehead atoms. The third-order valence-electron chi connectivity index (χ3n) is 3.24. The molecule has 1 N–H and O–H groups in total. The van der Waals surface area contributed by atoms with Crippen LogP contribution >= 0.6 is 34.8 Å². The van der Waals surface area contributed by atoms with E-state index in [2.05, 4.69) is 15.5 Å². The first-order valence-corrected chi connectivity index (χ1v) is 8.04. The molecule has 8 heteroatoms. The molecule has 3 aromatic rings. The number of halogens is 3. The van der Waals surface area contributed by atoms with Crippen LogP contribution in [0.2, 0.25) is 15.1 Å². The summed E-state index contributed by atoms with van der Waals surface area (Å²) in [6.07, 6.45) is 0. The van der Waals surface area contributed by atoms with Crippen molar-refractivity contribution in [2.75, 3.05) is 5.32 Å². The molecule has 0 radical (unpaired) electrons. The lowest BCUT2D eigenvalue weighted by Crippen LogP contribution is -2.14. The van der Waals surface area contributed by atoms with Gasteiger partial charge in [0.25, 0.3) is 5.91 Å². The zero-order valence-electron chi connectivity index (χ0n) is 12.4. The lowest BCUT2D eigenvalue weighted by Gasteiger charge is -2.06. The number of amides is 1. The fourth-order valence-corrected chi connectivity index (χ4v) is 2.62. The maximum Gasteiger partial charge on any atom is 0.278 e. The molecule has 0 saturated carbocycles. The molecule has 2 aromatic carbocycles. The van der Waals surface area contributed by atoms with Crippen LogP contribution in [0.25, 0.3) is 5.69 Å². The van der Waals surface area contributed by atoms with E-state index in [1.54, 1.807) is 49.4 Å². The van der Waals surface area contributed by atoms with Crippen LogP contribution in [0.15, 0.2) is 42.5 Å². The van der Waals surface area contributed by atoms with E-state index in [1.807, 2.05) is 0 Å². The molecule has 0 atom stereocenters. The molecule has 1 heterocycles. The van der Waals surface area contributed by atoms with Gasteiger partial charge in [-0.2, -0.15) is 9.90 Å². The summed E-state index contributed by atoms with van der Waals surface area (Å²) < 4.78 is 0. The predicted molar refractivity (Wildman–Crippen MR) is 95.5 cm³/mol. The van der Waals surface area contributed by atoms with Gasteiger partial charge in [-0.15, -0.1) is 5.10 Å². The van der Waals surface area contributed by atoms with Gasteiger partial charge in [-0.3, -0.25) is 4.79 Å². The van der Waals surface area contributed by atoms with Crippen LogP contribution in [0.5, 0.6) is 0 Å². The van der Waals surface area contributed by atoms with Gasteiger partial charge in [0.15, 0.2) is 5.69 Å². The zero-order chi connectivity index (χ0) is 17.3. The highest BCUT2D eigenvalue weighted by Crippen LogP contribution is 2.29. The second-order valence-corrected chi connectivity index (χ2v) is 6.18. The van der Waals surface area contributed by atoms with Crippen molar-refractivity contribution < 1.29 is 4.79 Å². The molecule has 0 aliphatic carbocycles. The van der Waals surface area contributed by atoms with Gasteiger partial charge >= 0.3 is 0 Å². The lowest BCUT2D eigenvalue weighted by atomic mass is 10.3. The van der Waals surface area contributed by atoms with Crippen LogP contribution in [0.3, 0.4) is 0 Å². The topological polar surface area (TPSA) is 59.8 Å². The van der Waals surface area contributed by atoms with Gasteiger partial charge in [-0.25, -0.2) is 0 Å². The molecule has 122 valence electrons. The highest BCUT2D eigenvalue weighted by Gasteiger charge is 2.18. The van der Waals surface area contributed by atoms with Gasteiger partial charge in [0.05, 0.1) is 27.1 Å². The fourth-order valence-electron chi connectivity index (χ4n) is 2.09. The number of hydrogen-bond acceptors (Lipinski definition) is 3. The molecule has 0 unspecified atom stereocenters. The first kappa shape index (κ1) is 16.8. The molecule has 3 rings (SSSR count). The Labute approximate surface area is 153 Å². The Morgan fingerprint density at radius 2 is 1.83 bits per heavy atom. The summed E-state index contributed by atoms with van der Waals surface area (Å²) in [5.74, 6) is -0.426. The molecular formula is C16H11Cl3N4O. The smallest absolute Gasteiger partial charge is 0.278 e. The highest BCUT2D eigenvalue weighted by atomic mass is 35.5. The van der Waals surface area contributed by atoms with E-state index in [0.29, 0.717) is 27.1 Å². The normalized spacial score (nSPS) is 10.7. The predicted octanol–water partition coefficient (Wildman–Crippen LogP) is 4.79. The number of anilines is 1. The van der Waals surface area contributed by atoms with Crippen molar-refractivity contribution in [3.63, 3.8) is 0 Å². The summed E-state index contributed by atoms with van der Waals surface area (Å²) in [5.41, 5.74) is 1.73. The van der Waals surface area contributed by atoms with Gasteiger partial charge in [-0.05, 0) is 37.3 Å². The van der Waals surface area contributed by atoms with E-state index in [4.69, 9.17) is 34.8 Å². The number of benzene rings is 2. The van der Waals surface area contributed by atoms with Crippen LogP contribution < -0.4 is 5.32 Å². The van der Waals surface area contributed by atoms with E-state index in [9.17, 15) is 4.79 Å². The van der Waals surface area contributed by atoms with Crippen molar-refractivity contribution in [1.82, 2.24) is 15.0 Å². The Hall–Kier alpha value is -2.08. The molecule has 5 nitrogen and oxygen atoms in total. The SMILES string of the molecule is Cc1nn(-c2cccc(Cl)c2)nc1C(=O)Nc1cccc(Cl)c1Cl. The molecule has 1 amide bonds. The van der Waals surface area contributed by atoms with Crippen molar-refractivity contribution in [3.05, 3.63) is 68.9 Å². The van der Waals surface area contributed by atoms with Crippen LogP contribution in [0.1, 0.15) is 16.2 Å². The summed E-state index contributed by atoms with van der Waals surface area (Å²) in [6, 6.07) is 12.0. The Morgan fingerprint density at radius 3 is 2.58 bits per heavy atom. The van der Waals surface area contributed by atoms with Crippen molar-refractivity contribution in [2.45, 2.75) is 6.92 Å². The Bertz CT molecular complexity index is 923. The van der Waals surface area contributed by atoms with Gasteiger partial charge in [0.2, 0.25) is 0 Å². The number of nitrogens with one attached hydrogen (secondary N) is 1. The number of rotatable bonds is 3. The van der Waals surface area contributed by atoms with Crippen LogP contribution in [-0.2, 0) is 0 Å². The number of carbonyl (C=O) groups is 1. The van der Waals surface area contributed by atoms with E-state index < -0.39 is 5.91 Å². The summed E-state index contributed by atoms with van der Waals surface area (Å²) in [4.78, 5) is 13.8. The largest absolute Gasteiger partial charge is 0.319 e. The second kappa shape index (κ2) is 6.81. The third-order valence-corrected chi connectivity index (χ3v) is 4.29. The lowest BCUT2D eigenvalue weighted by molar-refractivity contribution is 0.102. The van der Waals surface area contributed by atoms with Crippen LogP contribution in [0, 0.1) is 6.92 Å². The van der Waals surface area contributed by atoms with Gasteiger partial charge < -0.3 is 5.32 Å². The quantitative estimate of drug-likeness (QED) is 0.709. The second-order valence-electron chi connectivity index (χ2n) is 4.96. The van der Waals surface area contributed by atoms with Gasteiger partial charge in [0, 0.05) is 5.02 Å². The summed E-state index contributed by atoms with van der Waals surface area (Å²) in [5, 5.41) is 12.3. The average Bonchev–Trinajstić information content (AvgIpc) is 2.94. The molecule has 0 saturated heterocycles. The molecule has 0 spiro atoms. The van der Waals surface area contributed by atoms with E-state index in [0.717, 1.165) is 0 Å². The van der Waals surface area contributed by atoms with Crippen molar-refractivity contribution in [2.24, 2.45) is 0 Å². The van der Waals surface area contributed by atoms with E-state index in [1.165, 1.54) is 4.80 Å². The van der Waals surface area contributed by atoms with Crippen molar-refractivity contribution in [1.29, 1.82) is 0 Å². The Morgan fingerprint density at radius 1 is 1.08 bits per heavy atom. The van der Waals surface area contributed by atoms with Crippen LogP contribution in [0.4, 0.5) is 5.69 Å². The van der Waals surface area contributed by atoms with Crippen molar-refractivity contribution in [3.8, 4) is 5.69 Å². The average molecular weight is 382 g/mol. The molecular weight excluding hydrogens is 371 g/mol. The number of hydrogen-bond donors (Lipinski definition) is 1. The van der Waals surface area contributed by atoms with E-state index >= 15 is 0 Å². The monoisotopic (exact) mass is 380 g/mol. The summed E-state index contributed by atoms with van der Waals surface area (Å²) >= 11 is 18.0. The number of nitrogens with zero attached hydrogens (tertiary/aromatic N) is 3. The van der Waals surface area contributed by atoms with E-state index in [-0.39, 0.29) is 10.7 Å². The van der Waals surface area contributed by atoms with Crippen molar-refractivity contribution >= 4 is 46.4 Å². The standard InChI is InChI=1S/C16H11Cl3N4O/c1-9-15(16(24)20-13-7-3-6-12(18)14(13)19)22-23(21-9)11-5-2-4-10(17)8-11/h2-8H,1H3,(H,20,24). The number of aryl methyl sites for hydroxylation is 1. The van der Waals surface area contributed by atoms with Gasteiger partial charge in [0.1, 0.15) is 0 Å². The minimum absolute atomic E-state index is 0.186. The fraction of sp³-hybridized carbons (Fsp3) is 0.0625. The summed E-state index contributed by atoms with van der Waals surface area (Å²) in [6.45, 7) is 1.70. The molecule has 0 aliphatic heterocycles. The van der Waals surface area contributed by atoms with Gasteiger partial charge in [-0.1, -0.05) is 46.9 Å². The molecule has 1 aromatic heterocycles. The number of aromatic nitrogens is 3. The molecule has 0 fully saturated rings. The van der Waals surface area contributed by atoms with Crippen LogP contribution in [-0.4, -0.2) is 20.9 Å². The third kappa shape index (κ3) is 3.38. The zero-order valence-corrected chi connectivity index (χ0v) is 14.7. The Balaban J connectivity index is 1.90. The molecule has 24 heavy (non-hydrogen) atoms. The maximum atomic E-state index is 12.5. The highest BCUT2D eigenvalue weighted by molar-refractivity contribution is 6.44. The minimum Gasteiger partial charge on any atom is -0.319 e. The first-order valence-electron chi connectivity index (χ1n) is 6.91. The minimum atomic E-state index is -0.426. The maximum absolute atomic E-state index is 12.5. The Kier molecular flexibility index (Phi) is 4.76. The number of carbonyl (C=O) groups excluding carboxylic acids is 1. The first-order chi connectivity index (χ1) is 11.5. The summed E-state index contributed by atoms with van der Waals surface area (Å²) in [7, 11) is 0.